The van der Waals surface area contributed by atoms with Gasteiger partial charge in [0, 0.05) is 13.1 Å². The quantitative estimate of drug-likeness (QED) is 0.832. The molecule has 1 atom stereocenters. The van der Waals surface area contributed by atoms with Crippen molar-refractivity contribution in [1.29, 1.82) is 0 Å². The van der Waals surface area contributed by atoms with Gasteiger partial charge in [-0.05, 0) is 61.7 Å². The highest BCUT2D eigenvalue weighted by molar-refractivity contribution is 8.18. The van der Waals surface area contributed by atoms with Gasteiger partial charge in [0.2, 0.25) is 0 Å². The van der Waals surface area contributed by atoms with Gasteiger partial charge in [-0.25, -0.2) is 4.79 Å². The summed E-state index contributed by atoms with van der Waals surface area (Å²) in [4.78, 5) is 30.0. The largest absolute Gasteiger partial charge is 0.479 e. The molecule has 1 aromatic rings. The molecule has 0 aromatic heterocycles. The Kier molecular flexibility index (Phi) is 5.43. The van der Waals surface area contributed by atoms with E-state index in [0.29, 0.717) is 10.7 Å². The van der Waals surface area contributed by atoms with Gasteiger partial charge >= 0.3 is 5.97 Å². The van der Waals surface area contributed by atoms with Crippen LogP contribution in [0.2, 0.25) is 0 Å². The summed E-state index contributed by atoms with van der Waals surface area (Å²) in [6.07, 6.45) is 4.33. The first-order chi connectivity index (χ1) is 12.0. The maximum atomic E-state index is 12.2. The predicted octanol–water partition coefficient (Wildman–Crippen LogP) is 2.99. The molecule has 6 nitrogen and oxygen atoms in total. The normalized spacial score (nSPS) is 20.5. The first-order valence-electron chi connectivity index (χ1n) is 8.30. The third-order valence-electron chi connectivity index (χ3n) is 4.05. The molecule has 2 aliphatic rings. The Bertz CT molecular complexity index is 738. The zero-order valence-electron chi connectivity index (χ0n) is 14.0. The van der Waals surface area contributed by atoms with Crippen molar-refractivity contribution in [3.05, 3.63) is 34.7 Å². The average molecular weight is 360 g/mol. The summed E-state index contributed by atoms with van der Waals surface area (Å²) in [5, 5.41) is 9.71. The third-order valence-corrected chi connectivity index (χ3v) is 5.10. The second kappa shape index (κ2) is 7.74. The molecular formula is C18H20N2O4S. The molecule has 1 N–H and O–H groups in total. The minimum Gasteiger partial charge on any atom is -0.479 e. The molecule has 1 aromatic carbocycles. The lowest BCUT2D eigenvalue weighted by Gasteiger charge is -2.27. The lowest BCUT2D eigenvalue weighted by molar-refractivity contribution is -0.144. The SMILES string of the molecule is CC(Oc1cccc(C=C2SC(N3CCCCC3)=NC2=O)c1)C(=O)O. The summed E-state index contributed by atoms with van der Waals surface area (Å²) in [5.74, 6) is -0.794. The molecule has 2 heterocycles. The molecule has 0 aliphatic carbocycles. The second-order valence-electron chi connectivity index (χ2n) is 6.03. The number of aliphatic carboxylic acids is 1. The second-order valence-corrected chi connectivity index (χ2v) is 7.04. The fraction of sp³-hybridized carbons (Fsp3) is 0.389. The van der Waals surface area contributed by atoms with Crippen LogP contribution in [0.15, 0.2) is 34.2 Å². The maximum absolute atomic E-state index is 12.2. The van der Waals surface area contributed by atoms with Gasteiger partial charge in [-0.3, -0.25) is 4.79 Å². The van der Waals surface area contributed by atoms with E-state index in [1.807, 2.05) is 6.07 Å². The van der Waals surface area contributed by atoms with Gasteiger partial charge in [-0.2, -0.15) is 4.99 Å². The van der Waals surface area contributed by atoms with E-state index in [9.17, 15) is 9.59 Å². The van der Waals surface area contributed by atoms with Gasteiger partial charge in [-0.1, -0.05) is 12.1 Å². The van der Waals surface area contributed by atoms with Crippen LogP contribution in [0.5, 0.6) is 5.75 Å². The van der Waals surface area contributed by atoms with Crippen molar-refractivity contribution in [1.82, 2.24) is 4.90 Å². The summed E-state index contributed by atoms with van der Waals surface area (Å²) in [5.41, 5.74) is 0.779. The van der Waals surface area contributed by atoms with Gasteiger partial charge in [0.15, 0.2) is 11.3 Å². The topological polar surface area (TPSA) is 79.2 Å². The molecule has 1 amide bonds. The molecule has 1 fully saturated rings. The highest BCUT2D eigenvalue weighted by Gasteiger charge is 2.26. The standard InChI is InChI=1S/C18H20N2O4S/c1-12(17(22)23)24-14-7-5-6-13(10-14)11-15-16(21)19-18(25-15)20-8-3-2-4-9-20/h5-7,10-12H,2-4,8-9H2,1H3,(H,22,23). The van der Waals surface area contributed by atoms with E-state index in [1.165, 1.54) is 25.1 Å². The van der Waals surface area contributed by atoms with E-state index in [1.54, 1.807) is 24.3 Å². The molecule has 1 saturated heterocycles. The van der Waals surface area contributed by atoms with Crippen LogP contribution in [-0.2, 0) is 9.59 Å². The molecule has 0 spiro atoms. The Hall–Kier alpha value is -2.28. The van der Waals surface area contributed by atoms with E-state index >= 15 is 0 Å². The molecule has 3 rings (SSSR count). The van der Waals surface area contributed by atoms with Crippen LogP contribution in [0, 0.1) is 0 Å². The first-order valence-corrected chi connectivity index (χ1v) is 9.11. The number of amides is 1. The van der Waals surface area contributed by atoms with Gasteiger partial charge in [0.1, 0.15) is 5.75 Å². The Balaban J connectivity index is 1.71. The van der Waals surface area contributed by atoms with Crippen LogP contribution in [0.4, 0.5) is 0 Å². The van der Waals surface area contributed by atoms with Crippen molar-refractivity contribution in [2.24, 2.45) is 4.99 Å². The van der Waals surface area contributed by atoms with Crippen molar-refractivity contribution < 1.29 is 19.4 Å². The third kappa shape index (κ3) is 4.42. The van der Waals surface area contributed by atoms with E-state index < -0.39 is 12.1 Å². The lowest BCUT2D eigenvalue weighted by Crippen LogP contribution is -2.33. The smallest absolute Gasteiger partial charge is 0.344 e. The van der Waals surface area contributed by atoms with Crippen LogP contribution in [-0.4, -0.2) is 46.2 Å². The van der Waals surface area contributed by atoms with Crippen LogP contribution in [0.25, 0.3) is 6.08 Å². The number of carboxylic acid groups (broad SMARTS) is 1. The lowest BCUT2D eigenvalue weighted by atomic mass is 10.1. The van der Waals surface area contributed by atoms with Crippen molar-refractivity contribution >= 4 is 34.9 Å². The summed E-state index contributed by atoms with van der Waals surface area (Å²) in [7, 11) is 0. The molecular weight excluding hydrogens is 340 g/mol. The molecule has 0 saturated carbocycles. The number of rotatable bonds is 4. The van der Waals surface area contributed by atoms with Crippen molar-refractivity contribution in [3.8, 4) is 5.75 Å². The Labute approximate surface area is 150 Å². The highest BCUT2D eigenvalue weighted by atomic mass is 32.2. The van der Waals surface area contributed by atoms with Gasteiger partial charge < -0.3 is 14.7 Å². The number of carboxylic acids is 1. The number of aliphatic imine (C=N–C) groups is 1. The van der Waals surface area contributed by atoms with Crippen molar-refractivity contribution in [2.45, 2.75) is 32.3 Å². The molecule has 1 unspecified atom stereocenters. The van der Waals surface area contributed by atoms with E-state index in [2.05, 4.69) is 9.89 Å². The minimum atomic E-state index is -1.02. The number of hydrogen-bond donors (Lipinski definition) is 1. The van der Waals surface area contributed by atoms with Crippen LogP contribution < -0.4 is 4.74 Å². The first kappa shape index (κ1) is 17.5. The summed E-state index contributed by atoms with van der Waals surface area (Å²) < 4.78 is 5.37. The molecule has 0 radical (unpaired) electrons. The fourth-order valence-electron chi connectivity index (χ4n) is 2.70. The molecule has 132 valence electrons. The number of amidine groups is 1. The van der Waals surface area contributed by atoms with Crippen LogP contribution in [0.3, 0.4) is 0 Å². The molecule has 25 heavy (non-hydrogen) atoms. The monoisotopic (exact) mass is 360 g/mol. The van der Waals surface area contributed by atoms with Crippen molar-refractivity contribution in [2.75, 3.05) is 13.1 Å². The predicted molar refractivity (Wildman–Crippen MR) is 97.6 cm³/mol. The Morgan fingerprint density at radius 1 is 1.36 bits per heavy atom. The number of likely N-dealkylation sites (tertiary alicyclic amines) is 1. The highest BCUT2D eigenvalue weighted by Crippen LogP contribution is 2.31. The molecule has 2 aliphatic heterocycles. The maximum Gasteiger partial charge on any atom is 0.344 e. The van der Waals surface area contributed by atoms with E-state index in [4.69, 9.17) is 9.84 Å². The number of benzene rings is 1. The fourth-order valence-corrected chi connectivity index (χ4v) is 3.67. The van der Waals surface area contributed by atoms with Gasteiger partial charge in [0.25, 0.3) is 5.91 Å². The van der Waals surface area contributed by atoms with Crippen molar-refractivity contribution in [3.63, 3.8) is 0 Å². The Morgan fingerprint density at radius 3 is 2.84 bits per heavy atom. The summed E-state index contributed by atoms with van der Waals surface area (Å²) >= 11 is 1.40. The zero-order chi connectivity index (χ0) is 17.8. The van der Waals surface area contributed by atoms with Gasteiger partial charge in [-0.15, -0.1) is 0 Å². The Morgan fingerprint density at radius 2 is 2.12 bits per heavy atom. The average Bonchev–Trinajstić information content (AvgIpc) is 2.96. The van der Waals surface area contributed by atoms with Gasteiger partial charge in [0.05, 0.1) is 4.91 Å². The number of carbonyl (C=O) groups is 2. The number of thioether (sulfide) groups is 1. The zero-order valence-corrected chi connectivity index (χ0v) is 14.8. The number of hydrogen-bond acceptors (Lipinski definition) is 5. The number of piperidine rings is 1. The van der Waals surface area contributed by atoms with E-state index in [0.717, 1.165) is 36.7 Å². The number of nitrogens with zero attached hydrogens (tertiary/aromatic N) is 2. The van der Waals surface area contributed by atoms with E-state index in [-0.39, 0.29) is 5.91 Å². The number of carbonyl (C=O) groups excluding carboxylic acids is 1. The van der Waals surface area contributed by atoms with Crippen LogP contribution in [0.1, 0.15) is 31.7 Å². The molecule has 0 bridgehead atoms. The minimum absolute atomic E-state index is 0.226. The summed E-state index contributed by atoms with van der Waals surface area (Å²) in [6.45, 7) is 3.37. The summed E-state index contributed by atoms with van der Waals surface area (Å²) in [6, 6.07) is 7.03. The van der Waals surface area contributed by atoms with Crippen LogP contribution >= 0.6 is 11.8 Å². The molecule has 7 heteroatoms. The number of ether oxygens (including phenoxy) is 1.